The molecule has 2 aromatic heterocycles. The van der Waals surface area contributed by atoms with Gasteiger partial charge >= 0.3 is 0 Å². The van der Waals surface area contributed by atoms with Crippen LogP contribution in [0.25, 0.3) is 11.3 Å². The first-order valence-corrected chi connectivity index (χ1v) is 11.8. The number of anilines is 3. The second-order valence-electron chi connectivity index (χ2n) is 9.06. The van der Waals surface area contributed by atoms with Crippen molar-refractivity contribution < 1.29 is 17.9 Å². The molecule has 2 N–H and O–H groups in total. The third-order valence-electron chi connectivity index (χ3n) is 6.45. The van der Waals surface area contributed by atoms with E-state index in [0.717, 1.165) is 32.1 Å². The highest BCUT2D eigenvalue weighted by Crippen LogP contribution is 2.39. The van der Waals surface area contributed by atoms with E-state index in [1.165, 1.54) is 6.07 Å². The summed E-state index contributed by atoms with van der Waals surface area (Å²) in [4.78, 5) is 14.2. The lowest BCUT2D eigenvalue weighted by Crippen LogP contribution is -2.38. The maximum atomic E-state index is 14.9. The van der Waals surface area contributed by atoms with Crippen LogP contribution < -0.4 is 20.3 Å². The zero-order chi connectivity index (χ0) is 24.5. The Morgan fingerprint density at radius 3 is 2.58 bits per heavy atom. The Morgan fingerprint density at radius 2 is 1.86 bits per heavy atom. The van der Waals surface area contributed by atoms with Crippen LogP contribution >= 0.6 is 12.4 Å². The van der Waals surface area contributed by atoms with E-state index < -0.39 is 17.6 Å². The summed E-state index contributed by atoms with van der Waals surface area (Å²) in [6.45, 7) is 6.65. The molecule has 0 saturated carbocycles. The molecule has 0 bridgehead atoms. The number of nitrogens with zero attached hydrogens (tertiary/aromatic N) is 4. The molecule has 2 aliphatic heterocycles. The number of halogens is 4. The van der Waals surface area contributed by atoms with Crippen LogP contribution in [-0.2, 0) is 0 Å². The number of hydrogen-bond donors (Lipinski definition) is 2. The van der Waals surface area contributed by atoms with Crippen LogP contribution in [-0.4, -0.2) is 47.2 Å². The largest absolute Gasteiger partial charge is 0.486 e. The van der Waals surface area contributed by atoms with Gasteiger partial charge in [-0.05, 0) is 63.9 Å². The highest BCUT2D eigenvalue weighted by Gasteiger charge is 2.26. The Bertz CT molecular complexity index is 1240. The molecule has 11 heteroatoms. The van der Waals surface area contributed by atoms with E-state index in [9.17, 15) is 13.2 Å². The second kappa shape index (κ2) is 10.9. The molecule has 0 atom stereocenters. The Hall–Kier alpha value is -3.11. The molecular weight excluding hydrogens is 493 g/mol. The Labute approximate surface area is 213 Å². The summed E-state index contributed by atoms with van der Waals surface area (Å²) in [5.74, 6) is -1.34. The van der Waals surface area contributed by atoms with E-state index in [2.05, 4.69) is 25.6 Å². The van der Waals surface area contributed by atoms with Gasteiger partial charge < -0.3 is 20.3 Å². The number of hydrogen-bond acceptors (Lipinski definition) is 7. The number of aromatic nitrogens is 3. The van der Waals surface area contributed by atoms with E-state index in [1.54, 1.807) is 18.2 Å². The van der Waals surface area contributed by atoms with E-state index in [0.29, 0.717) is 24.4 Å². The van der Waals surface area contributed by atoms with Crippen molar-refractivity contribution in [2.24, 2.45) is 0 Å². The lowest BCUT2D eigenvalue weighted by atomic mass is 9.91. The summed E-state index contributed by atoms with van der Waals surface area (Å²) in [7, 11) is 0. The van der Waals surface area contributed by atoms with Crippen molar-refractivity contribution in [2.45, 2.75) is 38.6 Å². The van der Waals surface area contributed by atoms with Gasteiger partial charge in [0.2, 0.25) is 11.9 Å². The molecule has 0 amide bonds. The van der Waals surface area contributed by atoms with Gasteiger partial charge in [0.15, 0.2) is 17.4 Å². The average Bonchev–Trinajstić information content (AvgIpc) is 2.85. The van der Waals surface area contributed by atoms with Gasteiger partial charge in [0.05, 0.1) is 18.4 Å². The first-order valence-electron chi connectivity index (χ1n) is 11.8. The van der Waals surface area contributed by atoms with E-state index in [-0.39, 0.29) is 53.1 Å². The second-order valence-corrected chi connectivity index (χ2v) is 9.06. The van der Waals surface area contributed by atoms with Crippen molar-refractivity contribution in [3.8, 4) is 17.0 Å². The fourth-order valence-electron chi connectivity index (χ4n) is 4.67. The molecular formula is C25H28ClF3N6O. The molecule has 3 aromatic rings. The van der Waals surface area contributed by atoms with Gasteiger partial charge in [0.1, 0.15) is 18.1 Å². The lowest BCUT2D eigenvalue weighted by Gasteiger charge is -2.34. The Balaban J connectivity index is 0.00000304. The van der Waals surface area contributed by atoms with Gasteiger partial charge in [-0.3, -0.25) is 0 Å². The molecule has 2 aliphatic rings. The number of piperidine rings is 1. The van der Waals surface area contributed by atoms with Crippen LogP contribution in [0.2, 0.25) is 0 Å². The zero-order valence-corrected chi connectivity index (χ0v) is 20.8. The number of pyridine rings is 1. The molecule has 36 heavy (non-hydrogen) atoms. The molecule has 0 spiro atoms. The number of nitrogens with one attached hydrogen (secondary N) is 2. The molecule has 1 fully saturated rings. The van der Waals surface area contributed by atoms with Crippen molar-refractivity contribution in [3.63, 3.8) is 0 Å². The fourth-order valence-corrected chi connectivity index (χ4v) is 4.67. The summed E-state index contributed by atoms with van der Waals surface area (Å²) in [6.07, 6.45) is 2.71. The predicted molar refractivity (Wildman–Crippen MR) is 135 cm³/mol. The third kappa shape index (κ3) is 5.19. The first kappa shape index (κ1) is 26.0. The van der Waals surface area contributed by atoms with Crippen LogP contribution in [0.3, 0.4) is 0 Å². The minimum absolute atomic E-state index is 0. The van der Waals surface area contributed by atoms with Crippen molar-refractivity contribution in [1.29, 1.82) is 0 Å². The maximum Gasteiger partial charge on any atom is 0.229 e. The molecule has 1 saturated heterocycles. The number of fused-ring (bicyclic) bond motifs is 1. The average molecular weight is 521 g/mol. The smallest absolute Gasteiger partial charge is 0.229 e. The van der Waals surface area contributed by atoms with Gasteiger partial charge in [-0.25, -0.2) is 23.7 Å². The number of ether oxygens (including phenoxy) is 1. The van der Waals surface area contributed by atoms with Crippen LogP contribution in [0.1, 0.15) is 38.2 Å². The molecule has 5 rings (SSSR count). The standard InChI is InChI=1S/C25H27F3N6O.ClH/c1-14(2)34-9-10-35-23-18(26)11-16(12-20(23)34)22-19(27)13-30-25(33-22)32-21-4-3-17(24(28)31-21)15-5-7-29-8-6-15;/h3-4,11-15,29H,5-10H2,1-2H3,(H,30,31,32,33);1H. The zero-order valence-electron chi connectivity index (χ0n) is 20.0. The van der Waals surface area contributed by atoms with Crippen LogP contribution in [0.5, 0.6) is 5.75 Å². The number of rotatable bonds is 5. The third-order valence-corrected chi connectivity index (χ3v) is 6.45. The van der Waals surface area contributed by atoms with Gasteiger partial charge in [0.25, 0.3) is 0 Å². The fraction of sp³-hybridized carbons (Fsp3) is 0.400. The van der Waals surface area contributed by atoms with Crippen molar-refractivity contribution in [1.82, 2.24) is 20.3 Å². The van der Waals surface area contributed by atoms with Crippen LogP contribution in [0.15, 0.2) is 30.5 Å². The monoisotopic (exact) mass is 520 g/mol. The minimum Gasteiger partial charge on any atom is -0.486 e. The molecule has 7 nitrogen and oxygen atoms in total. The van der Waals surface area contributed by atoms with Crippen molar-refractivity contribution >= 4 is 29.9 Å². The molecule has 192 valence electrons. The quantitative estimate of drug-likeness (QED) is 0.448. The molecule has 0 unspecified atom stereocenters. The van der Waals surface area contributed by atoms with Crippen LogP contribution in [0, 0.1) is 17.6 Å². The summed E-state index contributed by atoms with van der Waals surface area (Å²) < 4.78 is 49.9. The molecule has 0 radical (unpaired) electrons. The van der Waals surface area contributed by atoms with Gasteiger partial charge in [0, 0.05) is 17.2 Å². The van der Waals surface area contributed by atoms with E-state index in [1.807, 2.05) is 18.7 Å². The summed E-state index contributed by atoms with van der Waals surface area (Å²) in [5, 5.41) is 6.10. The van der Waals surface area contributed by atoms with Crippen molar-refractivity contribution in [2.75, 3.05) is 36.5 Å². The summed E-state index contributed by atoms with van der Waals surface area (Å²) in [5.41, 5.74) is 1.30. The summed E-state index contributed by atoms with van der Waals surface area (Å²) in [6, 6.07) is 6.34. The highest BCUT2D eigenvalue weighted by atomic mass is 35.5. The molecule has 1 aromatic carbocycles. The molecule has 4 heterocycles. The first-order chi connectivity index (χ1) is 16.9. The molecule has 0 aliphatic carbocycles. The van der Waals surface area contributed by atoms with Gasteiger partial charge in [-0.2, -0.15) is 4.39 Å². The Morgan fingerprint density at radius 1 is 1.08 bits per heavy atom. The lowest BCUT2D eigenvalue weighted by molar-refractivity contribution is 0.287. The maximum absolute atomic E-state index is 14.9. The minimum atomic E-state index is -0.705. The van der Waals surface area contributed by atoms with E-state index in [4.69, 9.17) is 4.74 Å². The van der Waals surface area contributed by atoms with Gasteiger partial charge in [-0.1, -0.05) is 6.07 Å². The highest BCUT2D eigenvalue weighted by molar-refractivity contribution is 5.85. The number of benzene rings is 1. The Kier molecular flexibility index (Phi) is 7.85. The van der Waals surface area contributed by atoms with E-state index >= 15 is 0 Å². The topological polar surface area (TPSA) is 75.2 Å². The summed E-state index contributed by atoms with van der Waals surface area (Å²) >= 11 is 0. The predicted octanol–water partition coefficient (Wildman–Crippen LogP) is 5.20. The SMILES string of the molecule is CC(C)N1CCOc2c(F)cc(-c3nc(Nc4ccc(C5CCNCC5)c(F)n4)ncc3F)cc21.Cl. The normalized spacial score (nSPS) is 15.8. The van der Waals surface area contributed by atoms with Crippen molar-refractivity contribution in [3.05, 3.63) is 53.6 Å². The van der Waals surface area contributed by atoms with Gasteiger partial charge in [-0.15, -0.1) is 12.4 Å². The van der Waals surface area contributed by atoms with Crippen LogP contribution in [0.4, 0.5) is 30.6 Å².